The molecular weight excluding hydrogens is 442 g/mol. The smallest absolute Gasteiger partial charge is 0.225 e. The van der Waals surface area contributed by atoms with Crippen LogP contribution in [-0.4, -0.2) is 56.2 Å². The van der Waals surface area contributed by atoms with Crippen LogP contribution in [0.25, 0.3) is 17.1 Å². The summed E-state index contributed by atoms with van der Waals surface area (Å²) in [5.74, 6) is 1.38. The molecule has 0 atom stereocenters. The summed E-state index contributed by atoms with van der Waals surface area (Å²) in [5.41, 5.74) is 4.57. The van der Waals surface area contributed by atoms with Crippen molar-refractivity contribution in [1.82, 2.24) is 24.1 Å². The minimum Gasteiger partial charge on any atom is -0.342 e. The number of aromatic nitrogens is 3. The topological polar surface area (TPSA) is 46.3 Å². The molecule has 3 heterocycles. The predicted molar refractivity (Wildman–Crippen MR) is 137 cm³/mol. The molecule has 1 amide bonds. The molecule has 34 heavy (non-hydrogen) atoms. The third-order valence-corrected chi connectivity index (χ3v) is 7.70. The van der Waals surface area contributed by atoms with E-state index in [-0.39, 0.29) is 5.92 Å². The summed E-state index contributed by atoms with van der Waals surface area (Å²) in [6.07, 6.45) is 4.11. The molecule has 0 bridgehead atoms. The second-order valence-electron chi connectivity index (χ2n) is 9.64. The number of amides is 1. The predicted octanol–water partition coefficient (Wildman–Crippen LogP) is 4.98. The summed E-state index contributed by atoms with van der Waals surface area (Å²) < 4.78 is 4.72. The van der Waals surface area contributed by atoms with E-state index in [0.29, 0.717) is 17.3 Å². The van der Waals surface area contributed by atoms with Crippen LogP contribution in [0.2, 0.25) is 0 Å². The van der Waals surface area contributed by atoms with E-state index in [1.54, 1.807) is 0 Å². The fourth-order valence-corrected chi connectivity index (χ4v) is 5.37. The lowest BCUT2D eigenvalue weighted by Crippen LogP contribution is -2.42. The second kappa shape index (κ2) is 9.84. The van der Waals surface area contributed by atoms with Crippen molar-refractivity contribution in [2.75, 3.05) is 26.2 Å². The van der Waals surface area contributed by atoms with Crippen molar-refractivity contribution in [3.05, 3.63) is 64.4 Å². The zero-order chi connectivity index (χ0) is 23.7. The molecule has 6 nitrogen and oxygen atoms in total. The normalized spacial score (nSPS) is 17.4. The number of aryl methyl sites for hydroxylation is 2. The van der Waals surface area contributed by atoms with Gasteiger partial charge in [-0.05, 0) is 75.0 Å². The highest BCUT2D eigenvalue weighted by atomic mass is 32.1. The molecule has 3 aromatic rings. The van der Waals surface area contributed by atoms with Crippen LogP contribution in [-0.2, 0) is 11.5 Å². The van der Waals surface area contributed by atoms with E-state index in [1.807, 2.05) is 22.9 Å². The number of piperidine rings is 1. The fourth-order valence-electron chi connectivity index (χ4n) is 5.08. The van der Waals surface area contributed by atoms with Crippen LogP contribution in [0.5, 0.6) is 0 Å². The maximum absolute atomic E-state index is 12.8. The molecule has 2 aliphatic heterocycles. The molecule has 0 spiro atoms. The largest absolute Gasteiger partial charge is 0.342 e. The first-order valence-corrected chi connectivity index (χ1v) is 12.8. The molecule has 2 saturated heterocycles. The highest BCUT2D eigenvalue weighted by molar-refractivity contribution is 7.71. The van der Waals surface area contributed by atoms with Crippen LogP contribution >= 0.6 is 12.2 Å². The van der Waals surface area contributed by atoms with Gasteiger partial charge in [-0.25, -0.2) is 4.68 Å². The van der Waals surface area contributed by atoms with E-state index < -0.39 is 0 Å². The lowest BCUT2D eigenvalue weighted by Gasteiger charge is -2.32. The van der Waals surface area contributed by atoms with Gasteiger partial charge in [-0.15, -0.1) is 5.10 Å². The number of nitrogens with zero attached hydrogens (tertiary/aromatic N) is 5. The first-order chi connectivity index (χ1) is 16.5. The van der Waals surface area contributed by atoms with Gasteiger partial charge < -0.3 is 4.90 Å². The summed E-state index contributed by atoms with van der Waals surface area (Å²) >= 11 is 5.95. The monoisotopic (exact) mass is 475 g/mol. The lowest BCUT2D eigenvalue weighted by atomic mass is 9.95. The Kier molecular flexibility index (Phi) is 6.66. The van der Waals surface area contributed by atoms with Crippen LogP contribution in [0.4, 0.5) is 0 Å². The van der Waals surface area contributed by atoms with Crippen molar-refractivity contribution in [3.8, 4) is 17.1 Å². The van der Waals surface area contributed by atoms with E-state index in [1.165, 1.54) is 11.1 Å². The lowest BCUT2D eigenvalue weighted by molar-refractivity contribution is -0.136. The quantitative estimate of drug-likeness (QED) is 0.489. The zero-order valence-corrected chi connectivity index (χ0v) is 20.9. The Morgan fingerprint density at radius 1 is 0.971 bits per heavy atom. The molecule has 1 aromatic heterocycles. The molecule has 7 heteroatoms. The Labute approximate surface area is 206 Å². The minimum absolute atomic E-state index is 0.162. The van der Waals surface area contributed by atoms with Crippen molar-refractivity contribution in [2.24, 2.45) is 5.92 Å². The van der Waals surface area contributed by atoms with E-state index >= 15 is 0 Å². The molecule has 178 valence electrons. The van der Waals surface area contributed by atoms with Crippen molar-refractivity contribution in [3.63, 3.8) is 0 Å². The molecule has 0 N–H and O–H groups in total. The molecule has 0 saturated carbocycles. The third kappa shape index (κ3) is 4.59. The van der Waals surface area contributed by atoms with Gasteiger partial charge in [-0.2, -0.15) is 0 Å². The standard InChI is InChI=1S/C27H33N5OS/c1-20-10-11-24(18-21(20)2)32-25(22-8-4-3-5-9-22)28-31(27(32)34)19-29-16-12-23(13-17-29)26(33)30-14-6-7-15-30/h3-5,8-11,18,23H,6-7,12-17,19H2,1-2H3. The summed E-state index contributed by atoms with van der Waals surface area (Å²) in [5, 5.41) is 4.98. The fraction of sp³-hybridized carbons (Fsp3) is 0.444. The molecule has 2 fully saturated rings. The maximum atomic E-state index is 12.8. The Morgan fingerprint density at radius 3 is 2.35 bits per heavy atom. The van der Waals surface area contributed by atoms with E-state index in [4.69, 9.17) is 17.3 Å². The van der Waals surface area contributed by atoms with Gasteiger partial charge in [0.25, 0.3) is 0 Å². The number of likely N-dealkylation sites (tertiary alicyclic amines) is 2. The molecule has 0 radical (unpaired) electrons. The van der Waals surface area contributed by atoms with Crippen molar-refractivity contribution in [2.45, 2.75) is 46.2 Å². The van der Waals surface area contributed by atoms with Crippen molar-refractivity contribution in [1.29, 1.82) is 0 Å². The number of rotatable bonds is 5. The highest BCUT2D eigenvalue weighted by Gasteiger charge is 2.30. The average Bonchev–Trinajstić information content (AvgIpc) is 3.51. The van der Waals surface area contributed by atoms with Gasteiger partial charge in [0, 0.05) is 37.7 Å². The SMILES string of the molecule is Cc1ccc(-n2c(-c3ccccc3)nn(CN3CCC(C(=O)N4CCCC4)CC3)c2=S)cc1C. The molecule has 0 unspecified atom stereocenters. The number of benzene rings is 2. The Hall–Kier alpha value is -2.77. The first-order valence-electron chi connectivity index (χ1n) is 12.4. The van der Waals surface area contributed by atoms with Crippen LogP contribution in [0, 0.1) is 24.5 Å². The number of carbonyl (C=O) groups excluding carboxylic acids is 1. The molecule has 2 aliphatic rings. The minimum atomic E-state index is 0.162. The molecule has 0 aliphatic carbocycles. The third-order valence-electron chi connectivity index (χ3n) is 7.31. The van der Waals surface area contributed by atoms with E-state index in [2.05, 4.69) is 58.5 Å². The van der Waals surface area contributed by atoms with Crippen LogP contribution in [0.3, 0.4) is 0 Å². The summed E-state index contributed by atoms with van der Waals surface area (Å²) in [7, 11) is 0. The highest BCUT2D eigenvalue weighted by Crippen LogP contribution is 2.26. The van der Waals surface area contributed by atoms with Gasteiger partial charge in [0.05, 0.1) is 12.4 Å². The summed E-state index contributed by atoms with van der Waals surface area (Å²) in [6.45, 7) is 8.55. The van der Waals surface area contributed by atoms with Gasteiger partial charge in [0.1, 0.15) is 0 Å². The van der Waals surface area contributed by atoms with Crippen LogP contribution < -0.4 is 0 Å². The van der Waals surface area contributed by atoms with E-state index in [0.717, 1.165) is 68.9 Å². The van der Waals surface area contributed by atoms with Crippen molar-refractivity contribution >= 4 is 18.1 Å². The van der Waals surface area contributed by atoms with Gasteiger partial charge in [-0.3, -0.25) is 14.3 Å². The van der Waals surface area contributed by atoms with Crippen LogP contribution in [0.1, 0.15) is 36.8 Å². The van der Waals surface area contributed by atoms with Crippen LogP contribution in [0.15, 0.2) is 48.5 Å². The average molecular weight is 476 g/mol. The second-order valence-corrected chi connectivity index (χ2v) is 10.0. The number of hydrogen-bond donors (Lipinski definition) is 0. The Morgan fingerprint density at radius 2 is 1.68 bits per heavy atom. The van der Waals surface area contributed by atoms with Gasteiger partial charge in [-0.1, -0.05) is 36.4 Å². The van der Waals surface area contributed by atoms with E-state index in [9.17, 15) is 4.79 Å². The molecule has 2 aromatic carbocycles. The summed E-state index contributed by atoms with van der Waals surface area (Å²) in [4.78, 5) is 17.2. The number of hydrogen-bond acceptors (Lipinski definition) is 4. The van der Waals surface area contributed by atoms with Gasteiger partial charge in [0.15, 0.2) is 5.82 Å². The first kappa shape index (κ1) is 23.0. The molecular formula is C27H33N5OS. The molecule has 5 rings (SSSR count). The van der Waals surface area contributed by atoms with Gasteiger partial charge in [0.2, 0.25) is 10.7 Å². The number of carbonyl (C=O) groups is 1. The summed E-state index contributed by atoms with van der Waals surface area (Å²) in [6, 6.07) is 16.7. The zero-order valence-electron chi connectivity index (χ0n) is 20.1. The Bertz CT molecular complexity index is 1220. The maximum Gasteiger partial charge on any atom is 0.225 e. The van der Waals surface area contributed by atoms with Gasteiger partial charge >= 0.3 is 0 Å². The van der Waals surface area contributed by atoms with Crippen molar-refractivity contribution < 1.29 is 4.79 Å². The Balaban J connectivity index is 1.38.